The minimum absolute atomic E-state index is 0.211. The van der Waals surface area contributed by atoms with Crippen LogP contribution in [0.2, 0.25) is 0 Å². The van der Waals surface area contributed by atoms with Gasteiger partial charge in [-0.1, -0.05) is 0 Å². The molecule has 2 heterocycles. The van der Waals surface area contributed by atoms with Gasteiger partial charge in [-0.25, -0.2) is 4.79 Å². The molecule has 1 saturated heterocycles. The summed E-state index contributed by atoms with van der Waals surface area (Å²) in [5, 5.41) is 43.4. The van der Waals surface area contributed by atoms with Gasteiger partial charge in [-0.2, -0.15) is 0 Å². The predicted octanol–water partition coefficient (Wildman–Crippen LogP) is -0.546. The maximum Gasteiger partial charge on any atom is 0.344 e. The van der Waals surface area contributed by atoms with Crippen LogP contribution < -0.4 is 0 Å². The number of nitrogens with zero attached hydrogens (tertiary/aromatic N) is 1. The summed E-state index contributed by atoms with van der Waals surface area (Å²) < 4.78 is 9.67. The van der Waals surface area contributed by atoms with Crippen LogP contribution in [0.15, 0.2) is 11.6 Å². The van der Waals surface area contributed by atoms with E-state index in [-0.39, 0.29) is 13.2 Å². The van der Waals surface area contributed by atoms with Crippen LogP contribution in [0, 0.1) is 5.21 Å². The molecule has 0 amide bonds. The Morgan fingerprint density at radius 1 is 1.50 bits per heavy atom. The van der Waals surface area contributed by atoms with E-state index < -0.39 is 40.1 Å². The highest BCUT2D eigenvalue weighted by Crippen LogP contribution is 2.36. The summed E-state index contributed by atoms with van der Waals surface area (Å²) in [5.41, 5.74) is -3.51. The van der Waals surface area contributed by atoms with Gasteiger partial charge in [0.15, 0.2) is 0 Å². The number of hydroxylamine groups is 3. The van der Waals surface area contributed by atoms with E-state index in [4.69, 9.17) is 9.47 Å². The molecule has 0 spiro atoms. The second-order valence-corrected chi connectivity index (χ2v) is 7.22. The van der Waals surface area contributed by atoms with Crippen LogP contribution in [0.1, 0.15) is 27.2 Å². The number of aliphatic hydroxyl groups is 3. The van der Waals surface area contributed by atoms with Crippen molar-refractivity contribution in [3.05, 3.63) is 16.9 Å². The van der Waals surface area contributed by atoms with E-state index in [1.54, 1.807) is 6.08 Å². The molecule has 1 fully saturated rings. The van der Waals surface area contributed by atoms with Crippen molar-refractivity contribution >= 4 is 5.97 Å². The van der Waals surface area contributed by atoms with E-state index in [2.05, 4.69) is 0 Å². The fourth-order valence-corrected chi connectivity index (χ4v) is 3.59. The standard InChI is InChI=1S/C16H27NO7/c1-10(23-4)16(21,15(2,3)20)14(19)24-9-11-5-7-17(22)8-6-12(18)13(11)17/h5,10,12-13,18,20-21H,6-9H2,1-4H3/t10-,12+,13-,16?,17?/m1/s1. The van der Waals surface area contributed by atoms with Crippen LogP contribution in [-0.4, -0.2) is 82.2 Å². The number of rotatable bonds is 6. The number of hydrogen-bond donors (Lipinski definition) is 3. The molecule has 0 saturated carbocycles. The quantitative estimate of drug-likeness (QED) is 0.256. The molecule has 0 bridgehead atoms. The van der Waals surface area contributed by atoms with Gasteiger partial charge < -0.3 is 34.6 Å². The first-order chi connectivity index (χ1) is 11.0. The molecule has 0 radical (unpaired) electrons. The third-order valence-corrected chi connectivity index (χ3v) is 5.27. The summed E-state index contributed by atoms with van der Waals surface area (Å²) in [5.74, 6) is -1.03. The Labute approximate surface area is 141 Å². The van der Waals surface area contributed by atoms with Gasteiger partial charge in [-0.15, -0.1) is 0 Å². The molecule has 2 aliphatic rings. The van der Waals surface area contributed by atoms with E-state index in [1.807, 2.05) is 0 Å². The Morgan fingerprint density at radius 2 is 2.12 bits per heavy atom. The molecule has 2 rings (SSSR count). The number of carbonyl (C=O) groups is 1. The second-order valence-electron chi connectivity index (χ2n) is 7.22. The Balaban J connectivity index is 2.10. The van der Waals surface area contributed by atoms with E-state index in [0.717, 1.165) is 0 Å². The first kappa shape index (κ1) is 19.3. The van der Waals surface area contributed by atoms with Crippen molar-refractivity contribution in [2.24, 2.45) is 0 Å². The highest BCUT2D eigenvalue weighted by Gasteiger charge is 2.55. The average Bonchev–Trinajstić information content (AvgIpc) is 2.98. The summed E-state index contributed by atoms with van der Waals surface area (Å²) >= 11 is 0. The molecule has 8 heteroatoms. The van der Waals surface area contributed by atoms with Crippen LogP contribution in [-0.2, 0) is 14.3 Å². The minimum atomic E-state index is -2.27. The Bertz CT molecular complexity index is 529. The zero-order chi connectivity index (χ0) is 18.3. The smallest absolute Gasteiger partial charge is 0.344 e. The number of quaternary nitrogens is 1. The number of ether oxygens (including phenoxy) is 2. The fourth-order valence-electron chi connectivity index (χ4n) is 3.59. The summed E-state index contributed by atoms with van der Waals surface area (Å²) in [7, 11) is 1.31. The van der Waals surface area contributed by atoms with Gasteiger partial charge in [-0.3, -0.25) is 0 Å². The van der Waals surface area contributed by atoms with Crippen molar-refractivity contribution in [2.45, 2.75) is 56.6 Å². The van der Waals surface area contributed by atoms with Crippen molar-refractivity contribution < 1.29 is 34.2 Å². The molecule has 5 atom stereocenters. The van der Waals surface area contributed by atoms with Gasteiger partial charge in [0.05, 0.1) is 19.2 Å². The molecule has 0 aromatic carbocycles. The lowest BCUT2D eigenvalue weighted by Gasteiger charge is -2.41. The van der Waals surface area contributed by atoms with Crippen LogP contribution in [0.25, 0.3) is 0 Å². The Kier molecular flexibility index (Phi) is 5.11. The van der Waals surface area contributed by atoms with Crippen molar-refractivity contribution in [2.75, 3.05) is 26.8 Å². The Morgan fingerprint density at radius 3 is 2.67 bits per heavy atom. The lowest BCUT2D eigenvalue weighted by molar-refractivity contribution is -0.877. The highest BCUT2D eigenvalue weighted by molar-refractivity contribution is 5.82. The van der Waals surface area contributed by atoms with Gasteiger partial charge in [0.25, 0.3) is 0 Å². The average molecular weight is 345 g/mol. The SMILES string of the molecule is CO[C@H](C)C(O)(C(=O)OCC1=CC[N+]2([O-])CC[C@H](O)[C@@H]12)C(C)(C)O. The third kappa shape index (κ3) is 2.98. The minimum Gasteiger partial charge on any atom is -0.632 e. The molecular weight excluding hydrogens is 318 g/mol. The Hall–Kier alpha value is -1.03. The molecule has 0 aromatic heterocycles. The van der Waals surface area contributed by atoms with Crippen molar-refractivity contribution in [3.63, 3.8) is 0 Å². The zero-order valence-electron chi connectivity index (χ0n) is 14.6. The lowest BCUT2D eigenvalue weighted by atomic mass is 9.81. The largest absolute Gasteiger partial charge is 0.632 e. The molecule has 3 N–H and O–H groups in total. The summed E-state index contributed by atoms with van der Waals surface area (Å²) in [6.07, 6.45) is 0.319. The van der Waals surface area contributed by atoms with Gasteiger partial charge in [0.2, 0.25) is 5.60 Å². The zero-order valence-corrected chi connectivity index (χ0v) is 14.6. The topological polar surface area (TPSA) is 119 Å². The van der Waals surface area contributed by atoms with Crippen molar-refractivity contribution in [3.8, 4) is 0 Å². The van der Waals surface area contributed by atoms with E-state index in [0.29, 0.717) is 18.5 Å². The molecule has 0 aliphatic carbocycles. The normalized spacial score (nSPS) is 33.6. The van der Waals surface area contributed by atoms with Crippen molar-refractivity contribution in [1.29, 1.82) is 0 Å². The number of esters is 1. The third-order valence-electron chi connectivity index (χ3n) is 5.27. The van der Waals surface area contributed by atoms with E-state index in [9.17, 15) is 25.3 Å². The lowest BCUT2D eigenvalue weighted by Crippen LogP contribution is -2.63. The molecule has 2 unspecified atom stereocenters. The van der Waals surface area contributed by atoms with Gasteiger partial charge in [0.1, 0.15) is 24.4 Å². The number of hydrogen-bond acceptors (Lipinski definition) is 7. The summed E-state index contributed by atoms with van der Waals surface area (Å²) in [4.78, 5) is 12.4. The van der Waals surface area contributed by atoms with Crippen LogP contribution in [0.3, 0.4) is 0 Å². The van der Waals surface area contributed by atoms with Gasteiger partial charge in [-0.05, 0) is 26.8 Å². The number of methoxy groups -OCH3 is 1. The molecule has 0 aromatic rings. The van der Waals surface area contributed by atoms with Crippen LogP contribution in [0.5, 0.6) is 0 Å². The monoisotopic (exact) mass is 345 g/mol. The molecule has 138 valence electrons. The first-order valence-corrected chi connectivity index (χ1v) is 8.07. The molecular formula is C16H27NO7. The maximum atomic E-state index is 12.5. The predicted molar refractivity (Wildman–Crippen MR) is 84.5 cm³/mol. The number of carbonyl (C=O) groups excluding carboxylic acids is 1. The van der Waals surface area contributed by atoms with Crippen molar-refractivity contribution in [1.82, 2.24) is 0 Å². The van der Waals surface area contributed by atoms with Crippen LogP contribution in [0.4, 0.5) is 0 Å². The number of fused-ring (bicyclic) bond motifs is 1. The molecule has 24 heavy (non-hydrogen) atoms. The van der Waals surface area contributed by atoms with E-state index >= 15 is 0 Å². The summed E-state index contributed by atoms with van der Waals surface area (Å²) in [6, 6.07) is -0.632. The van der Waals surface area contributed by atoms with Gasteiger partial charge >= 0.3 is 5.97 Å². The van der Waals surface area contributed by atoms with Crippen LogP contribution >= 0.6 is 0 Å². The van der Waals surface area contributed by atoms with Gasteiger partial charge in [0, 0.05) is 19.1 Å². The maximum absolute atomic E-state index is 12.5. The second kappa shape index (κ2) is 6.36. The molecule has 8 nitrogen and oxygen atoms in total. The highest BCUT2D eigenvalue weighted by atomic mass is 16.6. The first-order valence-electron chi connectivity index (χ1n) is 8.07. The summed E-state index contributed by atoms with van der Waals surface area (Å²) in [6.45, 7) is 4.39. The van der Waals surface area contributed by atoms with E-state index in [1.165, 1.54) is 27.9 Å². The number of aliphatic hydroxyl groups excluding tert-OH is 1. The molecule has 2 aliphatic heterocycles. The fraction of sp³-hybridized carbons (Fsp3) is 0.812.